The van der Waals surface area contributed by atoms with Gasteiger partial charge in [-0.2, -0.15) is 0 Å². The number of amides is 1. The SMILES string of the molecule is COc1ccc(-c2nc(-c3cc(C(=O)NC4CCCC4)c(C)n3CC3CCCCC3)cs2)cc1. The van der Waals surface area contributed by atoms with Crippen LogP contribution in [0.1, 0.15) is 73.8 Å². The van der Waals surface area contributed by atoms with E-state index in [2.05, 4.69) is 28.3 Å². The van der Waals surface area contributed by atoms with Gasteiger partial charge in [-0.15, -0.1) is 11.3 Å². The normalized spacial score (nSPS) is 17.2. The fourth-order valence-electron chi connectivity index (χ4n) is 5.54. The zero-order chi connectivity index (χ0) is 23.5. The van der Waals surface area contributed by atoms with Crippen LogP contribution in [0.2, 0.25) is 0 Å². The van der Waals surface area contributed by atoms with Crippen molar-refractivity contribution in [1.82, 2.24) is 14.9 Å². The number of carbonyl (C=O) groups excluding carboxylic acids is 1. The first-order chi connectivity index (χ1) is 16.6. The molecule has 2 aliphatic rings. The first-order valence-electron chi connectivity index (χ1n) is 12.7. The summed E-state index contributed by atoms with van der Waals surface area (Å²) < 4.78 is 7.66. The second kappa shape index (κ2) is 10.3. The molecule has 2 saturated carbocycles. The molecule has 0 unspecified atom stereocenters. The highest BCUT2D eigenvalue weighted by Crippen LogP contribution is 2.34. The van der Waals surface area contributed by atoms with Crippen LogP contribution in [0, 0.1) is 12.8 Å². The van der Waals surface area contributed by atoms with Gasteiger partial charge in [0.25, 0.3) is 5.91 Å². The zero-order valence-corrected chi connectivity index (χ0v) is 21.1. The van der Waals surface area contributed by atoms with Gasteiger partial charge in [0.2, 0.25) is 0 Å². The molecule has 2 heterocycles. The second-order valence-electron chi connectivity index (χ2n) is 9.86. The van der Waals surface area contributed by atoms with Gasteiger partial charge in [0.05, 0.1) is 24.1 Å². The molecule has 0 aliphatic heterocycles. The van der Waals surface area contributed by atoms with Crippen LogP contribution in [-0.4, -0.2) is 28.6 Å². The topological polar surface area (TPSA) is 56.1 Å². The molecule has 2 aromatic heterocycles. The zero-order valence-electron chi connectivity index (χ0n) is 20.3. The van der Waals surface area contributed by atoms with Gasteiger partial charge in [-0.3, -0.25) is 4.79 Å². The summed E-state index contributed by atoms with van der Waals surface area (Å²) in [6, 6.07) is 10.4. The van der Waals surface area contributed by atoms with Crippen LogP contribution in [0.5, 0.6) is 5.75 Å². The maximum atomic E-state index is 13.2. The van der Waals surface area contributed by atoms with Crippen molar-refractivity contribution >= 4 is 17.2 Å². The minimum Gasteiger partial charge on any atom is -0.497 e. The number of ether oxygens (including phenoxy) is 1. The summed E-state index contributed by atoms with van der Waals surface area (Å²) in [7, 11) is 1.68. The molecule has 1 amide bonds. The summed E-state index contributed by atoms with van der Waals surface area (Å²) in [6.45, 7) is 3.07. The van der Waals surface area contributed by atoms with Crippen LogP contribution < -0.4 is 10.1 Å². The number of rotatable bonds is 7. The van der Waals surface area contributed by atoms with Crippen LogP contribution in [-0.2, 0) is 6.54 Å². The highest BCUT2D eigenvalue weighted by Gasteiger charge is 2.25. The van der Waals surface area contributed by atoms with Crippen molar-refractivity contribution in [1.29, 1.82) is 0 Å². The Hall–Kier alpha value is -2.60. The van der Waals surface area contributed by atoms with E-state index in [1.807, 2.05) is 24.3 Å². The number of hydrogen-bond donors (Lipinski definition) is 1. The Morgan fingerprint density at radius 3 is 2.50 bits per heavy atom. The van der Waals surface area contributed by atoms with E-state index in [1.54, 1.807) is 18.4 Å². The molecule has 0 radical (unpaired) electrons. The van der Waals surface area contributed by atoms with Crippen molar-refractivity contribution in [3.05, 3.63) is 47.0 Å². The van der Waals surface area contributed by atoms with Gasteiger partial charge in [0.15, 0.2) is 0 Å². The van der Waals surface area contributed by atoms with E-state index in [4.69, 9.17) is 9.72 Å². The number of aromatic nitrogens is 2. The van der Waals surface area contributed by atoms with Crippen LogP contribution in [0.4, 0.5) is 0 Å². The smallest absolute Gasteiger partial charge is 0.253 e. The maximum Gasteiger partial charge on any atom is 0.253 e. The molecule has 0 spiro atoms. The molecule has 0 atom stereocenters. The first kappa shape index (κ1) is 23.2. The molecule has 34 heavy (non-hydrogen) atoms. The van der Waals surface area contributed by atoms with E-state index in [-0.39, 0.29) is 5.91 Å². The fraction of sp³-hybridized carbons (Fsp3) is 0.500. The number of hydrogen-bond acceptors (Lipinski definition) is 4. The van der Waals surface area contributed by atoms with E-state index in [1.165, 1.54) is 44.9 Å². The van der Waals surface area contributed by atoms with Gasteiger partial charge in [-0.05, 0) is 68.9 Å². The van der Waals surface area contributed by atoms with E-state index >= 15 is 0 Å². The van der Waals surface area contributed by atoms with Gasteiger partial charge in [0, 0.05) is 29.2 Å². The Morgan fingerprint density at radius 2 is 1.79 bits per heavy atom. The summed E-state index contributed by atoms with van der Waals surface area (Å²) in [5, 5.41) is 6.40. The number of benzene rings is 1. The highest BCUT2D eigenvalue weighted by molar-refractivity contribution is 7.13. The lowest BCUT2D eigenvalue weighted by Gasteiger charge is -2.24. The van der Waals surface area contributed by atoms with Crippen molar-refractivity contribution < 1.29 is 9.53 Å². The summed E-state index contributed by atoms with van der Waals surface area (Å²) >= 11 is 1.65. The third-order valence-electron chi connectivity index (χ3n) is 7.57. The average Bonchev–Trinajstić information content (AvgIpc) is 3.62. The monoisotopic (exact) mass is 477 g/mol. The summed E-state index contributed by atoms with van der Waals surface area (Å²) in [5.74, 6) is 1.58. The van der Waals surface area contributed by atoms with Gasteiger partial charge >= 0.3 is 0 Å². The third-order valence-corrected chi connectivity index (χ3v) is 8.46. The molecule has 180 valence electrons. The second-order valence-corrected chi connectivity index (χ2v) is 10.7. The van der Waals surface area contributed by atoms with E-state index in [0.29, 0.717) is 12.0 Å². The molecule has 2 aliphatic carbocycles. The molecule has 3 aromatic rings. The quantitative estimate of drug-likeness (QED) is 0.405. The number of nitrogens with one attached hydrogen (secondary N) is 1. The molecule has 0 bridgehead atoms. The molecule has 5 rings (SSSR count). The minimum atomic E-state index is 0.0682. The molecule has 0 saturated heterocycles. The Balaban J connectivity index is 1.46. The predicted molar refractivity (Wildman–Crippen MR) is 139 cm³/mol. The van der Waals surface area contributed by atoms with E-state index in [9.17, 15) is 4.79 Å². The van der Waals surface area contributed by atoms with Gasteiger partial charge < -0.3 is 14.6 Å². The Kier molecular flexibility index (Phi) is 7.05. The Bertz CT molecular complexity index is 1120. The standard InChI is InChI=1S/C28H35N3O2S/c1-19-24(27(32)29-22-10-6-7-11-22)16-26(31(19)17-20-8-4-3-5-9-20)25-18-34-28(30-25)21-12-14-23(33-2)15-13-21/h12-16,18,20,22H,3-11,17H2,1-2H3,(H,29,32). The average molecular weight is 478 g/mol. The van der Waals surface area contributed by atoms with Crippen LogP contribution >= 0.6 is 11.3 Å². The maximum absolute atomic E-state index is 13.2. The number of thiazole rings is 1. The summed E-state index contributed by atoms with van der Waals surface area (Å²) in [5.41, 5.74) is 4.97. The molecule has 1 aromatic carbocycles. The van der Waals surface area contributed by atoms with Crippen molar-refractivity contribution in [2.45, 2.75) is 77.3 Å². The molecule has 5 nitrogen and oxygen atoms in total. The molecule has 6 heteroatoms. The van der Waals surface area contributed by atoms with Crippen LogP contribution in [0.3, 0.4) is 0 Å². The Labute approximate surface area is 206 Å². The molecule has 1 N–H and O–H groups in total. The van der Waals surface area contributed by atoms with Crippen LogP contribution in [0.15, 0.2) is 35.7 Å². The van der Waals surface area contributed by atoms with E-state index < -0.39 is 0 Å². The first-order valence-corrected chi connectivity index (χ1v) is 13.6. The van der Waals surface area contributed by atoms with Crippen molar-refractivity contribution in [3.63, 3.8) is 0 Å². The van der Waals surface area contributed by atoms with Crippen molar-refractivity contribution in [2.24, 2.45) is 5.92 Å². The van der Waals surface area contributed by atoms with E-state index in [0.717, 1.165) is 58.4 Å². The molecular weight excluding hydrogens is 442 g/mol. The third kappa shape index (κ3) is 4.92. The largest absolute Gasteiger partial charge is 0.497 e. The minimum absolute atomic E-state index is 0.0682. The molecule has 2 fully saturated rings. The van der Waals surface area contributed by atoms with Gasteiger partial charge in [0.1, 0.15) is 10.8 Å². The number of carbonyl (C=O) groups is 1. The van der Waals surface area contributed by atoms with Crippen molar-refractivity contribution in [3.8, 4) is 27.7 Å². The lowest BCUT2D eigenvalue weighted by atomic mass is 9.89. The highest BCUT2D eigenvalue weighted by atomic mass is 32.1. The predicted octanol–water partition coefficient (Wildman–Crippen LogP) is 6.85. The number of methoxy groups -OCH3 is 1. The van der Waals surface area contributed by atoms with Crippen LogP contribution in [0.25, 0.3) is 22.0 Å². The van der Waals surface area contributed by atoms with Gasteiger partial charge in [-0.1, -0.05) is 32.1 Å². The lowest BCUT2D eigenvalue weighted by Crippen LogP contribution is -2.32. The molecular formula is C28H35N3O2S. The van der Waals surface area contributed by atoms with Crippen molar-refractivity contribution in [2.75, 3.05) is 7.11 Å². The Morgan fingerprint density at radius 1 is 1.09 bits per heavy atom. The lowest BCUT2D eigenvalue weighted by molar-refractivity contribution is 0.0937. The van der Waals surface area contributed by atoms with Gasteiger partial charge in [-0.25, -0.2) is 4.98 Å². The fourth-order valence-corrected chi connectivity index (χ4v) is 6.36. The summed E-state index contributed by atoms with van der Waals surface area (Å²) in [6.07, 6.45) is 11.1. The number of nitrogens with zero attached hydrogens (tertiary/aromatic N) is 2. The summed E-state index contributed by atoms with van der Waals surface area (Å²) in [4.78, 5) is 18.2.